The van der Waals surface area contributed by atoms with Gasteiger partial charge in [0, 0.05) is 24.9 Å². The first-order valence-electron chi connectivity index (χ1n) is 9.83. The van der Waals surface area contributed by atoms with Gasteiger partial charge in [0.05, 0.1) is 31.6 Å². The largest absolute Gasteiger partial charge is 0.453 e. The number of likely N-dealkylation sites (tertiary alicyclic amines) is 1. The topological polar surface area (TPSA) is 87.3 Å². The van der Waals surface area contributed by atoms with Crippen molar-refractivity contribution in [3.05, 3.63) is 41.9 Å². The number of alkyl halides is 2. The van der Waals surface area contributed by atoms with E-state index in [4.69, 9.17) is 6.42 Å². The molecule has 2 aromatic rings. The molecule has 1 fully saturated rings. The average molecular weight is 430 g/mol. The van der Waals surface area contributed by atoms with Crippen LogP contribution in [0.1, 0.15) is 37.2 Å². The molecule has 0 saturated carbocycles. The minimum atomic E-state index is -3.00. The van der Waals surface area contributed by atoms with Crippen LogP contribution in [-0.2, 0) is 9.53 Å². The molecule has 31 heavy (non-hydrogen) atoms. The van der Waals surface area contributed by atoms with Crippen molar-refractivity contribution >= 4 is 12.0 Å². The zero-order valence-corrected chi connectivity index (χ0v) is 17.3. The van der Waals surface area contributed by atoms with Crippen molar-refractivity contribution in [2.75, 3.05) is 20.2 Å². The van der Waals surface area contributed by atoms with Gasteiger partial charge in [-0.05, 0) is 23.6 Å². The molecule has 1 aromatic carbocycles. The second-order valence-electron chi connectivity index (χ2n) is 7.68. The molecule has 7 nitrogen and oxygen atoms in total. The van der Waals surface area contributed by atoms with Gasteiger partial charge < -0.3 is 19.9 Å². The summed E-state index contributed by atoms with van der Waals surface area (Å²) in [6.45, 7) is 1.29. The van der Waals surface area contributed by atoms with E-state index >= 15 is 0 Å². The minimum absolute atomic E-state index is 0.0116. The Morgan fingerprint density at radius 2 is 2.13 bits per heavy atom. The van der Waals surface area contributed by atoms with Crippen LogP contribution in [0.15, 0.2) is 30.5 Å². The molecule has 1 aliphatic rings. The molecule has 0 bridgehead atoms. The Bertz CT molecular complexity index is 981. The molecule has 0 spiro atoms. The first-order chi connectivity index (χ1) is 14.7. The summed E-state index contributed by atoms with van der Waals surface area (Å²) in [4.78, 5) is 32.5. The molecular formula is C22H24F2N4O3. The molecular weight excluding hydrogens is 406 g/mol. The number of carbonyl (C=O) groups is 2. The predicted octanol–water partition coefficient (Wildman–Crippen LogP) is 3.35. The first-order valence-corrected chi connectivity index (χ1v) is 9.83. The van der Waals surface area contributed by atoms with Crippen LogP contribution in [-0.4, -0.2) is 53.0 Å². The van der Waals surface area contributed by atoms with Crippen LogP contribution in [0.25, 0.3) is 11.3 Å². The number of ether oxygens (including phenoxy) is 1. The molecule has 2 unspecified atom stereocenters. The van der Waals surface area contributed by atoms with Crippen molar-refractivity contribution in [3.8, 4) is 23.6 Å². The number of aromatic nitrogens is 2. The van der Waals surface area contributed by atoms with Crippen molar-refractivity contribution in [1.29, 1.82) is 0 Å². The van der Waals surface area contributed by atoms with Gasteiger partial charge >= 0.3 is 6.09 Å². The maximum absolute atomic E-state index is 14.2. The molecule has 0 radical (unpaired) electrons. The fourth-order valence-corrected chi connectivity index (χ4v) is 3.54. The van der Waals surface area contributed by atoms with E-state index in [1.807, 2.05) is 12.1 Å². The van der Waals surface area contributed by atoms with E-state index < -0.39 is 36.9 Å². The van der Waals surface area contributed by atoms with Gasteiger partial charge in [0.2, 0.25) is 5.91 Å². The van der Waals surface area contributed by atoms with Crippen LogP contribution in [0.4, 0.5) is 13.6 Å². The third-order valence-corrected chi connectivity index (χ3v) is 5.17. The number of amides is 2. The van der Waals surface area contributed by atoms with Crippen molar-refractivity contribution < 1.29 is 23.1 Å². The lowest BCUT2D eigenvalue weighted by Crippen LogP contribution is -2.36. The van der Waals surface area contributed by atoms with Crippen molar-refractivity contribution in [2.45, 2.75) is 31.7 Å². The van der Waals surface area contributed by atoms with E-state index in [2.05, 4.69) is 25.9 Å². The molecule has 2 heterocycles. The lowest BCUT2D eigenvalue weighted by atomic mass is 10.1. The van der Waals surface area contributed by atoms with Gasteiger partial charge in [-0.15, -0.1) is 6.42 Å². The van der Waals surface area contributed by atoms with Gasteiger partial charge in [-0.1, -0.05) is 25.0 Å². The highest BCUT2D eigenvalue weighted by molar-refractivity contribution is 5.77. The minimum Gasteiger partial charge on any atom is -0.453 e. The zero-order valence-electron chi connectivity index (χ0n) is 17.3. The molecule has 3 rings (SSSR count). The van der Waals surface area contributed by atoms with Crippen LogP contribution in [0.3, 0.4) is 0 Å². The van der Waals surface area contributed by atoms with Gasteiger partial charge in [0.25, 0.3) is 5.92 Å². The second-order valence-corrected chi connectivity index (χ2v) is 7.68. The number of nitrogens with one attached hydrogen (secondary N) is 2. The van der Waals surface area contributed by atoms with Crippen LogP contribution in [0, 0.1) is 18.3 Å². The number of hydrogen-bond donors (Lipinski definition) is 2. The Balaban J connectivity index is 1.73. The van der Waals surface area contributed by atoms with E-state index in [1.54, 1.807) is 25.3 Å². The number of halogens is 2. The fourth-order valence-electron chi connectivity index (χ4n) is 3.54. The number of benzene rings is 1. The summed E-state index contributed by atoms with van der Waals surface area (Å²) < 4.78 is 32.9. The molecule has 0 aliphatic carbocycles. The Morgan fingerprint density at radius 3 is 2.77 bits per heavy atom. The summed E-state index contributed by atoms with van der Waals surface area (Å²) in [6, 6.07) is 6.32. The van der Waals surface area contributed by atoms with Gasteiger partial charge in [-0.25, -0.2) is 18.6 Å². The van der Waals surface area contributed by atoms with E-state index in [-0.39, 0.29) is 18.9 Å². The highest BCUT2D eigenvalue weighted by atomic mass is 19.3. The molecule has 2 N–H and O–H groups in total. The van der Waals surface area contributed by atoms with Crippen LogP contribution >= 0.6 is 0 Å². The van der Waals surface area contributed by atoms with Gasteiger partial charge in [-0.2, -0.15) is 0 Å². The summed E-state index contributed by atoms with van der Waals surface area (Å²) in [7, 11) is 1.24. The SMILES string of the molecule is C#Cc1ccc(-c2cnc(C3CC(F)(F)CN3C(=O)CC(C)CNC(=O)OC)[nH]2)cc1. The van der Waals surface area contributed by atoms with E-state index in [9.17, 15) is 18.4 Å². The molecule has 1 saturated heterocycles. The number of methoxy groups -OCH3 is 1. The molecule has 1 aromatic heterocycles. The summed E-state index contributed by atoms with van der Waals surface area (Å²) in [6.07, 6.45) is 5.82. The molecule has 164 valence electrons. The van der Waals surface area contributed by atoms with Crippen LogP contribution in [0.5, 0.6) is 0 Å². The quantitative estimate of drug-likeness (QED) is 0.688. The van der Waals surface area contributed by atoms with E-state index in [1.165, 1.54) is 12.0 Å². The second kappa shape index (κ2) is 9.16. The Kier molecular flexibility index (Phi) is 6.59. The number of imidazole rings is 1. The van der Waals surface area contributed by atoms with Crippen LogP contribution < -0.4 is 5.32 Å². The number of aromatic amines is 1. The third kappa shape index (κ3) is 5.40. The highest BCUT2D eigenvalue weighted by Crippen LogP contribution is 2.41. The lowest BCUT2D eigenvalue weighted by molar-refractivity contribution is -0.134. The first kappa shape index (κ1) is 22.3. The van der Waals surface area contributed by atoms with Crippen molar-refractivity contribution in [1.82, 2.24) is 20.2 Å². The summed E-state index contributed by atoms with van der Waals surface area (Å²) in [5.74, 6) is -0.830. The molecule has 2 atom stereocenters. The van der Waals surface area contributed by atoms with Gasteiger partial charge in [0.1, 0.15) is 5.82 Å². The van der Waals surface area contributed by atoms with Gasteiger partial charge in [-0.3, -0.25) is 4.79 Å². The number of rotatable bonds is 6. The number of nitrogens with zero attached hydrogens (tertiary/aromatic N) is 2. The molecule has 9 heteroatoms. The number of alkyl carbamates (subject to hydrolysis) is 1. The van der Waals surface area contributed by atoms with Crippen molar-refractivity contribution in [2.24, 2.45) is 5.92 Å². The maximum Gasteiger partial charge on any atom is 0.406 e. The monoisotopic (exact) mass is 430 g/mol. The maximum atomic E-state index is 14.2. The van der Waals surface area contributed by atoms with Crippen LogP contribution in [0.2, 0.25) is 0 Å². The normalized spacial score (nSPS) is 18.3. The average Bonchev–Trinajstić information content (AvgIpc) is 3.36. The lowest BCUT2D eigenvalue weighted by Gasteiger charge is -2.24. The highest BCUT2D eigenvalue weighted by Gasteiger charge is 2.48. The standard InChI is InChI=1S/C22H24F2N4O3/c1-4-15-5-7-16(8-6-15)17-12-25-20(27-17)18-10-22(23,24)13-28(18)19(29)9-14(2)11-26-21(30)31-3/h1,5-8,12,14,18H,9-11,13H2,2-3H3,(H,25,27)(H,26,30). The molecule has 1 aliphatic heterocycles. The van der Waals surface area contributed by atoms with Gasteiger partial charge in [0.15, 0.2) is 0 Å². The predicted molar refractivity (Wildman–Crippen MR) is 110 cm³/mol. The number of hydrogen-bond acceptors (Lipinski definition) is 4. The molecule has 2 amide bonds. The van der Waals surface area contributed by atoms with E-state index in [0.717, 1.165) is 11.1 Å². The summed E-state index contributed by atoms with van der Waals surface area (Å²) in [5.41, 5.74) is 2.19. The summed E-state index contributed by atoms with van der Waals surface area (Å²) >= 11 is 0. The fraction of sp³-hybridized carbons (Fsp3) is 0.409. The number of carbonyl (C=O) groups excluding carboxylic acids is 2. The smallest absolute Gasteiger partial charge is 0.406 e. The Labute approximate surface area is 179 Å². The summed E-state index contributed by atoms with van der Waals surface area (Å²) in [5, 5.41) is 2.51. The third-order valence-electron chi connectivity index (χ3n) is 5.17. The zero-order chi connectivity index (χ0) is 22.6. The van der Waals surface area contributed by atoms with E-state index in [0.29, 0.717) is 11.5 Å². The number of H-pyrrole nitrogens is 1. The van der Waals surface area contributed by atoms with Crippen molar-refractivity contribution in [3.63, 3.8) is 0 Å². The Morgan fingerprint density at radius 1 is 1.42 bits per heavy atom. The number of terminal acetylenes is 1. The Hall–Kier alpha value is -3.41.